The van der Waals surface area contributed by atoms with Crippen LogP contribution >= 0.6 is 11.6 Å². The van der Waals surface area contributed by atoms with Crippen LogP contribution < -0.4 is 0 Å². The van der Waals surface area contributed by atoms with Gasteiger partial charge in [0.15, 0.2) is 9.84 Å². The molecule has 0 N–H and O–H groups in total. The van der Waals surface area contributed by atoms with Gasteiger partial charge in [-0.15, -0.1) is 0 Å². The summed E-state index contributed by atoms with van der Waals surface area (Å²) in [6.07, 6.45) is 1.20. The van der Waals surface area contributed by atoms with E-state index in [1.54, 1.807) is 4.90 Å². The van der Waals surface area contributed by atoms with Gasteiger partial charge in [-0.2, -0.15) is 4.31 Å². The molecule has 2 aliphatic heterocycles. The highest BCUT2D eigenvalue weighted by Gasteiger charge is 2.36. The maximum atomic E-state index is 12.8. The van der Waals surface area contributed by atoms with Crippen LogP contribution in [0.4, 0.5) is 0 Å². The number of benzene rings is 1. The Labute approximate surface area is 158 Å². The topological polar surface area (TPSA) is 91.8 Å². The van der Waals surface area contributed by atoms with Gasteiger partial charge in [0.25, 0.3) is 0 Å². The molecule has 2 heterocycles. The fourth-order valence-corrected chi connectivity index (χ4v) is 6.16. The Kier molecular flexibility index (Phi) is 5.62. The predicted molar refractivity (Wildman–Crippen MR) is 98.2 cm³/mol. The molecule has 1 aromatic rings. The molecule has 7 nitrogen and oxygen atoms in total. The van der Waals surface area contributed by atoms with E-state index in [2.05, 4.69) is 0 Å². The first-order valence-corrected chi connectivity index (χ1v) is 12.1. The molecule has 1 unspecified atom stereocenters. The number of nitrogens with zero attached hydrogens (tertiary/aromatic N) is 2. The van der Waals surface area contributed by atoms with Gasteiger partial charge in [-0.3, -0.25) is 4.79 Å². The minimum absolute atomic E-state index is 0.0295. The van der Waals surface area contributed by atoms with E-state index in [-0.39, 0.29) is 41.9 Å². The van der Waals surface area contributed by atoms with E-state index in [4.69, 9.17) is 11.6 Å². The van der Waals surface area contributed by atoms with Crippen LogP contribution in [0.2, 0.25) is 5.02 Å². The number of hydrogen-bond acceptors (Lipinski definition) is 5. The van der Waals surface area contributed by atoms with Crippen molar-refractivity contribution in [1.82, 2.24) is 9.21 Å². The average Bonchev–Trinajstić information content (AvgIpc) is 2.61. The van der Waals surface area contributed by atoms with Crippen molar-refractivity contribution in [1.29, 1.82) is 0 Å². The summed E-state index contributed by atoms with van der Waals surface area (Å²) < 4.78 is 50.0. The zero-order chi connectivity index (χ0) is 18.9. The molecule has 0 saturated carbocycles. The summed E-state index contributed by atoms with van der Waals surface area (Å²) in [6.45, 7) is 0.847. The van der Waals surface area contributed by atoms with Crippen LogP contribution in [-0.4, -0.2) is 69.6 Å². The molecule has 0 spiro atoms. The number of piperidine rings is 1. The number of sulfonamides is 1. The first-order chi connectivity index (χ1) is 12.2. The van der Waals surface area contributed by atoms with Gasteiger partial charge in [-0.1, -0.05) is 11.6 Å². The molecular weight excluding hydrogens is 400 g/mol. The largest absolute Gasteiger partial charge is 0.340 e. The number of hydrogen-bond donors (Lipinski definition) is 0. The van der Waals surface area contributed by atoms with Crippen LogP contribution in [0.15, 0.2) is 29.2 Å². The van der Waals surface area contributed by atoms with E-state index < -0.39 is 25.8 Å². The van der Waals surface area contributed by atoms with E-state index >= 15 is 0 Å². The summed E-state index contributed by atoms with van der Waals surface area (Å²) in [7, 11) is -6.75. The predicted octanol–water partition coefficient (Wildman–Crippen LogP) is 0.998. The Hall–Kier alpha value is -1.16. The number of carbonyl (C=O) groups excluding carboxylic acids is 1. The van der Waals surface area contributed by atoms with Crippen molar-refractivity contribution >= 4 is 37.4 Å². The third-order valence-corrected chi connectivity index (χ3v) is 8.58. The second-order valence-electron chi connectivity index (χ2n) is 6.63. The Bertz CT molecular complexity index is 870. The van der Waals surface area contributed by atoms with Crippen LogP contribution in [0.5, 0.6) is 0 Å². The summed E-state index contributed by atoms with van der Waals surface area (Å²) in [6, 6.07) is 5.96. The number of rotatable bonds is 3. The molecule has 0 radical (unpaired) electrons. The van der Waals surface area contributed by atoms with E-state index in [9.17, 15) is 21.6 Å². The Morgan fingerprint density at radius 2 is 1.69 bits per heavy atom. The standard InChI is InChI=1S/C16H21ClN2O5S2/c17-14-3-5-15(6-4-14)26(23,24)19-7-1-2-13(12-19)16(20)18-8-10-25(21,22)11-9-18/h3-6,13H,1-2,7-12H2. The zero-order valence-corrected chi connectivity index (χ0v) is 16.6. The van der Waals surface area contributed by atoms with E-state index in [0.717, 1.165) is 0 Å². The minimum atomic E-state index is -3.69. The Morgan fingerprint density at radius 3 is 2.31 bits per heavy atom. The normalized spacial score (nSPS) is 24.3. The van der Waals surface area contributed by atoms with Gasteiger partial charge in [-0.05, 0) is 37.1 Å². The molecule has 1 amide bonds. The molecule has 2 aliphatic rings. The van der Waals surface area contributed by atoms with Gasteiger partial charge in [0.2, 0.25) is 15.9 Å². The van der Waals surface area contributed by atoms with Crippen LogP contribution in [0, 0.1) is 5.92 Å². The molecule has 3 rings (SSSR count). The van der Waals surface area contributed by atoms with Crippen LogP contribution in [0.25, 0.3) is 0 Å². The molecule has 10 heteroatoms. The molecule has 1 aromatic carbocycles. The van der Waals surface area contributed by atoms with E-state index in [1.165, 1.54) is 28.6 Å². The van der Waals surface area contributed by atoms with Gasteiger partial charge in [0.05, 0.1) is 22.3 Å². The summed E-state index contributed by atoms with van der Waals surface area (Å²) in [5, 5.41) is 0.454. The van der Waals surface area contributed by atoms with Crippen molar-refractivity contribution in [2.75, 3.05) is 37.7 Å². The Balaban J connectivity index is 1.71. The van der Waals surface area contributed by atoms with Crippen molar-refractivity contribution in [3.8, 4) is 0 Å². The average molecular weight is 421 g/mol. The first-order valence-electron chi connectivity index (χ1n) is 8.44. The number of halogens is 1. The third-order valence-electron chi connectivity index (χ3n) is 4.84. The molecule has 0 aromatic heterocycles. The highest BCUT2D eigenvalue weighted by atomic mass is 35.5. The second-order valence-corrected chi connectivity index (χ2v) is 11.3. The van der Waals surface area contributed by atoms with Gasteiger partial charge in [0.1, 0.15) is 0 Å². The lowest BCUT2D eigenvalue weighted by Crippen LogP contribution is -2.50. The number of carbonyl (C=O) groups is 1. The van der Waals surface area contributed by atoms with E-state index in [1.807, 2.05) is 0 Å². The van der Waals surface area contributed by atoms with Crippen molar-refractivity contribution in [3.63, 3.8) is 0 Å². The fraction of sp³-hybridized carbons (Fsp3) is 0.562. The molecule has 0 bridgehead atoms. The lowest BCUT2D eigenvalue weighted by molar-refractivity contribution is -0.136. The molecule has 26 heavy (non-hydrogen) atoms. The maximum Gasteiger partial charge on any atom is 0.243 e. The Morgan fingerprint density at radius 1 is 1.08 bits per heavy atom. The summed E-state index contributed by atoms with van der Waals surface area (Å²) in [4.78, 5) is 14.4. The quantitative estimate of drug-likeness (QED) is 0.727. The van der Waals surface area contributed by atoms with Gasteiger partial charge >= 0.3 is 0 Å². The highest BCUT2D eigenvalue weighted by Crippen LogP contribution is 2.26. The van der Waals surface area contributed by atoms with Crippen molar-refractivity contribution in [2.24, 2.45) is 5.92 Å². The second kappa shape index (κ2) is 7.46. The zero-order valence-electron chi connectivity index (χ0n) is 14.2. The molecule has 0 aliphatic carbocycles. The summed E-state index contributed by atoms with van der Waals surface area (Å²) in [5.74, 6) is -0.654. The SMILES string of the molecule is O=C(C1CCCN(S(=O)(=O)c2ccc(Cl)cc2)C1)N1CCS(=O)(=O)CC1. The monoisotopic (exact) mass is 420 g/mol. The minimum Gasteiger partial charge on any atom is -0.340 e. The fourth-order valence-electron chi connectivity index (χ4n) is 3.31. The summed E-state index contributed by atoms with van der Waals surface area (Å²) in [5.41, 5.74) is 0. The maximum absolute atomic E-state index is 12.8. The molecular formula is C16H21ClN2O5S2. The number of amides is 1. The van der Waals surface area contributed by atoms with E-state index in [0.29, 0.717) is 24.4 Å². The lowest BCUT2D eigenvalue weighted by atomic mass is 9.98. The number of sulfone groups is 1. The first kappa shape index (κ1) is 19.6. The van der Waals surface area contributed by atoms with Gasteiger partial charge in [0, 0.05) is 31.2 Å². The van der Waals surface area contributed by atoms with Gasteiger partial charge < -0.3 is 4.90 Å². The molecule has 2 fully saturated rings. The highest BCUT2D eigenvalue weighted by molar-refractivity contribution is 7.91. The van der Waals surface area contributed by atoms with Crippen LogP contribution in [0.3, 0.4) is 0 Å². The molecule has 2 saturated heterocycles. The lowest BCUT2D eigenvalue weighted by Gasteiger charge is -2.35. The third kappa shape index (κ3) is 4.21. The van der Waals surface area contributed by atoms with Crippen LogP contribution in [0.1, 0.15) is 12.8 Å². The van der Waals surface area contributed by atoms with Crippen LogP contribution in [-0.2, 0) is 24.7 Å². The van der Waals surface area contributed by atoms with Crippen molar-refractivity contribution in [3.05, 3.63) is 29.3 Å². The smallest absolute Gasteiger partial charge is 0.243 e. The van der Waals surface area contributed by atoms with Crippen molar-refractivity contribution in [2.45, 2.75) is 17.7 Å². The molecule has 144 valence electrons. The van der Waals surface area contributed by atoms with Crippen molar-refractivity contribution < 1.29 is 21.6 Å². The molecule has 1 atom stereocenters. The summed E-state index contributed by atoms with van der Waals surface area (Å²) >= 11 is 5.82. The van der Waals surface area contributed by atoms with Gasteiger partial charge in [-0.25, -0.2) is 16.8 Å².